The Morgan fingerprint density at radius 2 is 1.88 bits per heavy atom. The number of hydrogen-bond acceptors (Lipinski definition) is 6. The van der Waals surface area contributed by atoms with Gasteiger partial charge in [-0.3, -0.25) is 0 Å². The van der Waals surface area contributed by atoms with Gasteiger partial charge in [-0.05, 0) is 31.9 Å². The van der Waals surface area contributed by atoms with Gasteiger partial charge in [-0.25, -0.2) is 4.68 Å². The minimum Gasteiger partial charge on any atom is -0.395 e. The lowest BCUT2D eigenvalue weighted by Crippen LogP contribution is -2.21. The summed E-state index contributed by atoms with van der Waals surface area (Å²) in [7, 11) is 0. The minimum absolute atomic E-state index is 0.0522. The molecule has 1 aliphatic heterocycles. The van der Waals surface area contributed by atoms with Crippen LogP contribution in [0.1, 0.15) is 18.4 Å². The van der Waals surface area contributed by atoms with Gasteiger partial charge in [-0.2, -0.15) is 15.1 Å². The van der Waals surface area contributed by atoms with Gasteiger partial charge in [-0.15, -0.1) is 0 Å². The summed E-state index contributed by atoms with van der Waals surface area (Å²) in [5, 5.41) is 17.7. The second-order valence-electron chi connectivity index (χ2n) is 6.35. The predicted molar refractivity (Wildman–Crippen MR) is 98.4 cm³/mol. The Morgan fingerprint density at radius 3 is 2.60 bits per heavy atom. The van der Waals surface area contributed by atoms with E-state index in [-0.39, 0.29) is 6.61 Å². The first kappa shape index (κ1) is 15.8. The molecule has 130 valence electrons. The zero-order valence-electron chi connectivity index (χ0n) is 14.3. The summed E-state index contributed by atoms with van der Waals surface area (Å²) >= 11 is 0. The van der Waals surface area contributed by atoms with Crippen molar-refractivity contribution in [3.8, 4) is 5.69 Å². The molecule has 1 aliphatic rings. The van der Waals surface area contributed by atoms with Crippen LogP contribution < -0.4 is 10.2 Å². The summed E-state index contributed by atoms with van der Waals surface area (Å²) in [5.41, 5.74) is 2.96. The molecule has 1 aromatic carbocycles. The van der Waals surface area contributed by atoms with Gasteiger partial charge in [0.1, 0.15) is 5.82 Å². The zero-order chi connectivity index (χ0) is 17.2. The number of rotatable bonds is 5. The minimum atomic E-state index is 0.0522. The maximum atomic E-state index is 9.15. The molecule has 0 spiro atoms. The monoisotopic (exact) mass is 338 g/mol. The van der Waals surface area contributed by atoms with Gasteiger partial charge in [0, 0.05) is 19.6 Å². The fourth-order valence-corrected chi connectivity index (χ4v) is 3.14. The number of nitrogens with zero attached hydrogens (tertiary/aromatic N) is 5. The fourth-order valence-electron chi connectivity index (χ4n) is 3.14. The van der Waals surface area contributed by atoms with Crippen LogP contribution in [0, 0.1) is 6.92 Å². The van der Waals surface area contributed by atoms with Crippen LogP contribution in [0.5, 0.6) is 0 Å². The first-order valence-corrected chi connectivity index (χ1v) is 8.69. The predicted octanol–water partition coefficient (Wildman–Crippen LogP) is 2.13. The van der Waals surface area contributed by atoms with Crippen molar-refractivity contribution in [2.75, 3.05) is 36.5 Å². The quantitative estimate of drug-likeness (QED) is 0.742. The highest BCUT2D eigenvalue weighted by atomic mass is 16.3. The number of aliphatic hydroxyl groups is 1. The average molecular weight is 338 g/mol. The highest BCUT2D eigenvalue weighted by Gasteiger charge is 2.19. The molecule has 0 bridgehead atoms. The molecule has 0 aliphatic carbocycles. The summed E-state index contributed by atoms with van der Waals surface area (Å²) in [6.07, 6.45) is 4.11. The molecule has 7 heteroatoms. The Hall–Kier alpha value is -2.67. The molecule has 0 radical (unpaired) electrons. The largest absolute Gasteiger partial charge is 0.395 e. The highest BCUT2D eigenvalue weighted by molar-refractivity contribution is 5.88. The molecule has 3 aromatic rings. The van der Waals surface area contributed by atoms with Crippen molar-refractivity contribution in [3.63, 3.8) is 0 Å². The van der Waals surface area contributed by atoms with E-state index in [1.54, 1.807) is 6.20 Å². The summed E-state index contributed by atoms with van der Waals surface area (Å²) in [6.45, 7) is 4.51. The molecular weight excluding hydrogens is 316 g/mol. The number of nitrogens with one attached hydrogen (secondary N) is 1. The van der Waals surface area contributed by atoms with Crippen molar-refractivity contribution < 1.29 is 5.11 Å². The van der Waals surface area contributed by atoms with Gasteiger partial charge >= 0.3 is 0 Å². The van der Waals surface area contributed by atoms with E-state index >= 15 is 0 Å². The van der Waals surface area contributed by atoms with Crippen molar-refractivity contribution >= 4 is 22.8 Å². The van der Waals surface area contributed by atoms with E-state index in [1.165, 1.54) is 5.56 Å². The third kappa shape index (κ3) is 3.02. The Kier molecular flexibility index (Phi) is 4.23. The maximum Gasteiger partial charge on any atom is 0.229 e. The third-order valence-corrected chi connectivity index (χ3v) is 4.49. The van der Waals surface area contributed by atoms with Crippen molar-refractivity contribution in [2.24, 2.45) is 0 Å². The molecule has 0 amide bonds. The SMILES string of the molecule is Cc1ccc(-n2ncc3c(NCCO)nc(N4CCCC4)nc32)cc1. The lowest BCUT2D eigenvalue weighted by Gasteiger charge is -2.17. The molecular formula is C18H22N6O. The fraction of sp³-hybridized carbons (Fsp3) is 0.389. The van der Waals surface area contributed by atoms with Crippen LogP contribution in [0.4, 0.5) is 11.8 Å². The van der Waals surface area contributed by atoms with Crippen LogP contribution in [0.2, 0.25) is 0 Å². The lowest BCUT2D eigenvalue weighted by atomic mass is 10.2. The van der Waals surface area contributed by atoms with E-state index in [9.17, 15) is 0 Å². The van der Waals surface area contributed by atoms with Gasteiger partial charge < -0.3 is 15.3 Å². The molecule has 3 heterocycles. The van der Waals surface area contributed by atoms with Crippen LogP contribution in [0.25, 0.3) is 16.7 Å². The van der Waals surface area contributed by atoms with E-state index in [1.807, 2.05) is 16.8 Å². The number of aryl methyl sites for hydroxylation is 1. The lowest BCUT2D eigenvalue weighted by molar-refractivity contribution is 0.311. The molecule has 4 rings (SSSR count). The molecule has 2 aromatic heterocycles. The first-order chi connectivity index (χ1) is 12.3. The number of hydrogen-bond donors (Lipinski definition) is 2. The highest BCUT2D eigenvalue weighted by Crippen LogP contribution is 2.27. The third-order valence-electron chi connectivity index (χ3n) is 4.49. The van der Waals surface area contributed by atoms with Crippen LogP contribution in [0.3, 0.4) is 0 Å². The number of fused-ring (bicyclic) bond motifs is 1. The van der Waals surface area contributed by atoms with Crippen molar-refractivity contribution in [2.45, 2.75) is 19.8 Å². The topological polar surface area (TPSA) is 79.1 Å². The Balaban J connectivity index is 1.84. The van der Waals surface area contributed by atoms with Crippen LogP contribution in [-0.2, 0) is 0 Å². The number of anilines is 2. The van der Waals surface area contributed by atoms with Crippen LogP contribution in [-0.4, -0.2) is 51.1 Å². The van der Waals surface area contributed by atoms with Crippen molar-refractivity contribution in [3.05, 3.63) is 36.0 Å². The molecule has 0 atom stereocenters. The summed E-state index contributed by atoms with van der Waals surface area (Å²) in [5.74, 6) is 1.44. The summed E-state index contributed by atoms with van der Waals surface area (Å²) in [4.78, 5) is 11.7. The van der Waals surface area contributed by atoms with Crippen LogP contribution in [0.15, 0.2) is 30.5 Å². The van der Waals surface area contributed by atoms with Gasteiger partial charge in [-0.1, -0.05) is 17.7 Å². The van der Waals surface area contributed by atoms with Gasteiger partial charge in [0.2, 0.25) is 5.95 Å². The van der Waals surface area contributed by atoms with E-state index in [0.29, 0.717) is 6.54 Å². The second-order valence-corrected chi connectivity index (χ2v) is 6.35. The molecule has 1 fully saturated rings. The first-order valence-electron chi connectivity index (χ1n) is 8.69. The number of benzene rings is 1. The van der Waals surface area contributed by atoms with Gasteiger partial charge in [0.05, 0.1) is 23.9 Å². The maximum absolute atomic E-state index is 9.15. The van der Waals surface area contributed by atoms with Crippen molar-refractivity contribution in [1.82, 2.24) is 19.7 Å². The smallest absolute Gasteiger partial charge is 0.229 e. The van der Waals surface area contributed by atoms with Gasteiger partial charge in [0.15, 0.2) is 5.65 Å². The Morgan fingerprint density at radius 1 is 1.12 bits per heavy atom. The Labute approximate surface area is 146 Å². The molecule has 0 unspecified atom stereocenters. The number of aromatic nitrogens is 4. The van der Waals surface area contributed by atoms with E-state index < -0.39 is 0 Å². The Bertz CT molecular complexity index is 867. The van der Waals surface area contributed by atoms with Crippen LogP contribution >= 0.6 is 0 Å². The standard InChI is InChI=1S/C18H22N6O/c1-13-4-6-14(7-5-13)24-17-15(12-20-24)16(19-8-11-25)21-18(22-17)23-9-2-3-10-23/h4-7,12,25H,2-3,8-11H2,1H3,(H,19,21,22). The second kappa shape index (κ2) is 6.68. The normalized spacial score (nSPS) is 14.4. The zero-order valence-corrected chi connectivity index (χ0v) is 14.3. The molecule has 0 saturated carbocycles. The molecule has 25 heavy (non-hydrogen) atoms. The summed E-state index contributed by atoms with van der Waals surface area (Å²) in [6, 6.07) is 8.22. The van der Waals surface area contributed by atoms with E-state index in [4.69, 9.17) is 10.1 Å². The molecule has 7 nitrogen and oxygen atoms in total. The van der Waals surface area contributed by atoms with Gasteiger partial charge in [0.25, 0.3) is 0 Å². The van der Waals surface area contributed by atoms with E-state index in [2.05, 4.69) is 39.4 Å². The summed E-state index contributed by atoms with van der Waals surface area (Å²) < 4.78 is 1.85. The van der Waals surface area contributed by atoms with E-state index in [0.717, 1.165) is 54.4 Å². The molecule has 1 saturated heterocycles. The van der Waals surface area contributed by atoms with Crippen molar-refractivity contribution in [1.29, 1.82) is 0 Å². The molecule has 2 N–H and O–H groups in total. The average Bonchev–Trinajstić information content (AvgIpc) is 3.30. The number of aliphatic hydroxyl groups excluding tert-OH is 1.